The van der Waals surface area contributed by atoms with Crippen molar-refractivity contribution in [3.8, 4) is 44.5 Å². The Kier molecular flexibility index (Phi) is 7.19. The standard InChI is InChI=1S/C51H37NO/c1-51(2)45-24-12-9-20-39(45)40-31-29-37(33-46(40)51)52(36-28-30-38(34-16-5-3-6-17-34)44(32-36)35-18-7-4-8-19-35)47-25-13-10-21-41(47)42-23-15-27-49-50(42)43-22-11-14-26-48(43)53-49/h3-33H,1-2H3. The summed E-state index contributed by atoms with van der Waals surface area (Å²) >= 11 is 0. The van der Waals surface area contributed by atoms with Crippen molar-refractivity contribution in [3.05, 3.63) is 199 Å². The van der Waals surface area contributed by atoms with Crippen molar-refractivity contribution in [1.82, 2.24) is 0 Å². The maximum Gasteiger partial charge on any atom is 0.136 e. The molecule has 0 radical (unpaired) electrons. The first kappa shape index (κ1) is 31.1. The predicted octanol–water partition coefficient (Wildman–Crippen LogP) is 14.4. The van der Waals surface area contributed by atoms with Crippen LogP contribution in [-0.4, -0.2) is 0 Å². The molecule has 1 heterocycles. The normalized spacial score (nSPS) is 12.9. The smallest absolute Gasteiger partial charge is 0.136 e. The van der Waals surface area contributed by atoms with E-state index < -0.39 is 0 Å². The van der Waals surface area contributed by atoms with E-state index in [1.54, 1.807) is 0 Å². The van der Waals surface area contributed by atoms with Gasteiger partial charge in [-0.25, -0.2) is 0 Å². The molecule has 1 aliphatic rings. The first-order valence-corrected chi connectivity index (χ1v) is 18.4. The summed E-state index contributed by atoms with van der Waals surface area (Å²) in [4.78, 5) is 2.46. The van der Waals surface area contributed by atoms with Gasteiger partial charge in [0.15, 0.2) is 0 Å². The van der Waals surface area contributed by atoms with E-state index in [2.05, 4.69) is 201 Å². The van der Waals surface area contributed by atoms with Crippen LogP contribution in [0.1, 0.15) is 25.0 Å². The molecule has 0 spiro atoms. The number of anilines is 3. The fourth-order valence-electron chi connectivity index (χ4n) is 8.55. The Hall–Kier alpha value is -6.64. The molecule has 0 unspecified atom stereocenters. The summed E-state index contributed by atoms with van der Waals surface area (Å²) in [5.41, 5.74) is 17.4. The monoisotopic (exact) mass is 679 g/mol. The van der Waals surface area contributed by atoms with Crippen LogP contribution in [0.5, 0.6) is 0 Å². The van der Waals surface area contributed by atoms with Crippen molar-refractivity contribution >= 4 is 39.0 Å². The highest BCUT2D eigenvalue weighted by atomic mass is 16.3. The fourth-order valence-corrected chi connectivity index (χ4v) is 8.55. The average Bonchev–Trinajstić information content (AvgIpc) is 3.71. The Labute approximate surface area is 310 Å². The third kappa shape index (κ3) is 5.02. The van der Waals surface area contributed by atoms with E-state index >= 15 is 0 Å². The van der Waals surface area contributed by atoms with E-state index in [-0.39, 0.29) is 5.41 Å². The number of benzene rings is 8. The zero-order valence-electron chi connectivity index (χ0n) is 29.8. The van der Waals surface area contributed by atoms with Crippen molar-refractivity contribution in [2.45, 2.75) is 19.3 Å². The SMILES string of the molecule is CC1(C)c2ccccc2-c2ccc(N(c3ccc(-c4ccccc4)c(-c4ccccc4)c3)c3ccccc3-c3cccc4oc5ccccc5c34)cc21. The molecule has 0 atom stereocenters. The van der Waals surface area contributed by atoms with Crippen LogP contribution >= 0.6 is 0 Å². The van der Waals surface area contributed by atoms with E-state index in [9.17, 15) is 0 Å². The van der Waals surface area contributed by atoms with Gasteiger partial charge in [-0.3, -0.25) is 0 Å². The van der Waals surface area contributed by atoms with Gasteiger partial charge >= 0.3 is 0 Å². The lowest BCUT2D eigenvalue weighted by molar-refractivity contribution is 0.660. The lowest BCUT2D eigenvalue weighted by Crippen LogP contribution is -2.17. The second kappa shape index (κ2) is 12.3. The lowest BCUT2D eigenvalue weighted by atomic mass is 9.82. The maximum absolute atomic E-state index is 6.39. The summed E-state index contributed by atoms with van der Waals surface area (Å²) in [5, 5.41) is 2.25. The van der Waals surface area contributed by atoms with Crippen LogP contribution in [0.25, 0.3) is 66.4 Å². The van der Waals surface area contributed by atoms with Crippen LogP contribution in [0, 0.1) is 0 Å². The van der Waals surface area contributed by atoms with Gasteiger partial charge in [0.05, 0.1) is 5.69 Å². The number of furan rings is 1. The first-order chi connectivity index (χ1) is 26.1. The van der Waals surface area contributed by atoms with Crippen molar-refractivity contribution in [3.63, 3.8) is 0 Å². The lowest BCUT2D eigenvalue weighted by Gasteiger charge is -2.30. The molecule has 10 rings (SSSR count). The molecule has 0 aliphatic heterocycles. The Balaban J connectivity index is 1.25. The van der Waals surface area contributed by atoms with Gasteiger partial charge in [0.2, 0.25) is 0 Å². The summed E-state index contributed by atoms with van der Waals surface area (Å²) in [6.45, 7) is 4.71. The Morgan fingerprint density at radius 1 is 0.396 bits per heavy atom. The molecule has 8 aromatic carbocycles. The second-order valence-electron chi connectivity index (χ2n) is 14.5. The van der Waals surface area contributed by atoms with Gasteiger partial charge < -0.3 is 9.32 Å². The number of para-hydroxylation sites is 2. The van der Waals surface area contributed by atoms with Crippen LogP contribution < -0.4 is 4.90 Å². The molecule has 9 aromatic rings. The number of fused-ring (bicyclic) bond motifs is 6. The average molecular weight is 680 g/mol. The third-order valence-corrected chi connectivity index (χ3v) is 11.1. The Bertz CT molecular complexity index is 2810. The van der Waals surface area contributed by atoms with Crippen LogP contribution in [0.3, 0.4) is 0 Å². The van der Waals surface area contributed by atoms with E-state index in [4.69, 9.17) is 4.42 Å². The highest BCUT2D eigenvalue weighted by Crippen LogP contribution is 2.52. The molecule has 0 N–H and O–H groups in total. The van der Waals surface area contributed by atoms with Crippen LogP contribution in [0.2, 0.25) is 0 Å². The molecule has 0 fully saturated rings. The van der Waals surface area contributed by atoms with Gasteiger partial charge in [-0.1, -0.05) is 159 Å². The quantitative estimate of drug-likeness (QED) is 0.174. The largest absolute Gasteiger partial charge is 0.456 e. The number of hydrogen-bond donors (Lipinski definition) is 0. The molecule has 53 heavy (non-hydrogen) atoms. The maximum atomic E-state index is 6.39. The summed E-state index contributed by atoms with van der Waals surface area (Å²) < 4.78 is 6.39. The molecule has 2 nitrogen and oxygen atoms in total. The van der Waals surface area contributed by atoms with Crippen LogP contribution in [0.4, 0.5) is 17.1 Å². The predicted molar refractivity (Wildman–Crippen MR) is 222 cm³/mol. The molecular formula is C51H37NO. The molecule has 2 heteroatoms. The molecule has 252 valence electrons. The van der Waals surface area contributed by atoms with Crippen LogP contribution in [-0.2, 0) is 5.41 Å². The van der Waals surface area contributed by atoms with Crippen LogP contribution in [0.15, 0.2) is 192 Å². The van der Waals surface area contributed by atoms with Crippen molar-refractivity contribution in [2.75, 3.05) is 4.90 Å². The summed E-state index contributed by atoms with van der Waals surface area (Å²) in [5.74, 6) is 0. The van der Waals surface area contributed by atoms with E-state index in [1.807, 2.05) is 6.07 Å². The Morgan fingerprint density at radius 3 is 1.75 bits per heavy atom. The second-order valence-corrected chi connectivity index (χ2v) is 14.5. The molecule has 0 saturated carbocycles. The number of hydrogen-bond acceptors (Lipinski definition) is 2. The van der Waals surface area contributed by atoms with Gasteiger partial charge in [0.25, 0.3) is 0 Å². The zero-order chi connectivity index (χ0) is 35.5. The Morgan fingerprint density at radius 2 is 0.962 bits per heavy atom. The first-order valence-electron chi connectivity index (χ1n) is 18.4. The zero-order valence-corrected chi connectivity index (χ0v) is 29.8. The van der Waals surface area contributed by atoms with Crippen molar-refractivity contribution in [2.24, 2.45) is 0 Å². The minimum atomic E-state index is -0.138. The summed E-state index contributed by atoms with van der Waals surface area (Å²) in [6.07, 6.45) is 0. The minimum absolute atomic E-state index is 0.138. The molecular weight excluding hydrogens is 643 g/mol. The highest BCUT2D eigenvalue weighted by molar-refractivity contribution is 6.14. The minimum Gasteiger partial charge on any atom is -0.456 e. The number of rotatable bonds is 6. The number of nitrogens with zero attached hydrogens (tertiary/aromatic N) is 1. The van der Waals surface area contributed by atoms with Gasteiger partial charge in [-0.2, -0.15) is 0 Å². The van der Waals surface area contributed by atoms with Crippen molar-refractivity contribution < 1.29 is 4.42 Å². The van der Waals surface area contributed by atoms with Gasteiger partial charge in [-0.05, 0) is 92.5 Å². The van der Waals surface area contributed by atoms with E-state index in [0.717, 1.165) is 50.1 Å². The fraction of sp³-hybridized carbons (Fsp3) is 0.0588. The van der Waals surface area contributed by atoms with Gasteiger partial charge in [0, 0.05) is 33.1 Å². The van der Waals surface area contributed by atoms with Crippen molar-refractivity contribution in [1.29, 1.82) is 0 Å². The van der Waals surface area contributed by atoms with E-state index in [1.165, 1.54) is 44.5 Å². The molecule has 0 amide bonds. The van der Waals surface area contributed by atoms with Gasteiger partial charge in [0.1, 0.15) is 11.2 Å². The topological polar surface area (TPSA) is 16.4 Å². The highest BCUT2D eigenvalue weighted by Gasteiger charge is 2.36. The van der Waals surface area contributed by atoms with Gasteiger partial charge in [-0.15, -0.1) is 0 Å². The summed E-state index contributed by atoms with van der Waals surface area (Å²) in [7, 11) is 0. The van der Waals surface area contributed by atoms with E-state index in [0.29, 0.717) is 0 Å². The molecule has 1 aromatic heterocycles. The summed E-state index contributed by atoms with van der Waals surface area (Å²) in [6, 6.07) is 67.9. The molecule has 0 bridgehead atoms. The molecule has 1 aliphatic carbocycles. The molecule has 0 saturated heterocycles. The third-order valence-electron chi connectivity index (χ3n) is 11.1.